The fraction of sp³-hybridized carbons (Fsp3) is 0.625. The molecular formula is C16H25NO2. The van der Waals surface area contributed by atoms with Crippen molar-refractivity contribution in [1.29, 1.82) is 0 Å². The molecule has 0 spiro atoms. The number of benzene rings is 1. The van der Waals surface area contributed by atoms with Crippen molar-refractivity contribution < 1.29 is 9.47 Å². The molecule has 2 rings (SSSR count). The highest BCUT2D eigenvalue weighted by molar-refractivity contribution is 5.39. The number of rotatable bonds is 5. The largest absolute Gasteiger partial charge is 0.496 e. The minimum Gasteiger partial charge on any atom is -0.496 e. The van der Waals surface area contributed by atoms with E-state index in [1.54, 1.807) is 7.11 Å². The van der Waals surface area contributed by atoms with Crippen LogP contribution in [-0.4, -0.2) is 26.4 Å². The normalized spacial score (nSPS) is 21.1. The van der Waals surface area contributed by atoms with Crippen molar-refractivity contribution in [2.24, 2.45) is 0 Å². The van der Waals surface area contributed by atoms with Crippen molar-refractivity contribution in [1.82, 2.24) is 5.32 Å². The minimum absolute atomic E-state index is 0.279. The zero-order valence-corrected chi connectivity index (χ0v) is 12.2. The molecule has 0 aliphatic carbocycles. The molecule has 3 heteroatoms. The van der Waals surface area contributed by atoms with Crippen LogP contribution in [0.5, 0.6) is 5.75 Å². The Labute approximate surface area is 116 Å². The molecule has 106 valence electrons. The highest BCUT2D eigenvalue weighted by Gasteiger charge is 2.16. The highest BCUT2D eigenvalue weighted by Crippen LogP contribution is 2.26. The van der Waals surface area contributed by atoms with Crippen molar-refractivity contribution in [2.75, 3.05) is 20.3 Å². The average molecular weight is 263 g/mol. The van der Waals surface area contributed by atoms with Crippen LogP contribution < -0.4 is 10.1 Å². The molecule has 1 aromatic carbocycles. The summed E-state index contributed by atoms with van der Waals surface area (Å²) in [5, 5.41) is 3.56. The Balaban J connectivity index is 1.93. The molecule has 3 nitrogen and oxygen atoms in total. The van der Waals surface area contributed by atoms with Gasteiger partial charge in [-0.1, -0.05) is 12.1 Å². The summed E-state index contributed by atoms with van der Waals surface area (Å²) in [7, 11) is 1.73. The molecule has 0 bridgehead atoms. The molecule has 1 saturated heterocycles. The van der Waals surface area contributed by atoms with Gasteiger partial charge >= 0.3 is 0 Å². The summed E-state index contributed by atoms with van der Waals surface area (Å²) in [5.74, 6) is 0.963. The average Bonchev–Trinajstić information content (AvgIpc) is 2.45. The van der Waals surface area contributed by atoms with Gasteiger partial charge in [-0.15, -0.1) is 0 Å². The van der Waals surface area contributed by atoms with Gasteiger partial charge < -0.3 is 14.8 Å². The maximum atomic E-state index is 5.75. The first-order valence-corrected chi connectivity index (χ1v) is 7.20. The Morgan fingerprint density at radius 1 is 1.42 bits per heavy atom. The molecule has 1 heterocycles. The second-order valence-electron chi connectivity index (χ2n) is 5.36. The first-order chi connectivity index (χ1) is 9.20. The molecule has 1 fully saturated rings. The molecule has 0 amide bonds. The van der Waals surface area contributed by atoms with E-state index in [1.807, 2.05) is 0 Å². The SMILES string of the molecule is COc1cc(C)ccc1C(C)NCC1CCCCO1. The molecule has 1 N–H and O–H groups in total. The summed E-state index contributed by atoms with van der Waals surface area (Å²) in [5.41, 5.74) is 2.44. The van der Waals surface area contributed by atoms with E-state index in [1.165, 1.54) is 30.4 Å². The lowest BCUT2D eigenvalue weighted by molar-refractivity contribution is 0.0156. The van der Waals surface area contributed by atoms with Crippen LogP contribution in [0.1, 0.15) is 43.4 Å². The Morgan fingerprint density at radius 2 is 2.26 bits per heavy atom. The van der Waals surface area contributed by atoms with E-state index in [4.69, 9.17) is 9.47 Å². The van der Waals surface area contributed by atoms with Gasteiger partial charge in [-0.2, -0.15) is 0 Å². The summed E-state index contributed by atoms with van der Waals surface area (Å²) < 4.78 is 11.2. The number of methoxy groups -OCH3 is 1. The molecule has 2 unspecified atom stereocenters. The van der Waals surface area contributed by atoms with Crippen LogP contribution in [0, 0.1) is 6.92 Å². The molecule has 1 aliphatic heterocycles. The maximum absolute atomic E-state index is 5.75. The Morgan fingerprint density at radius 3 is 2.95 bits per heavy atom. The van der Waals surface area contributed by atoms with Crippen LogP contribution >= 0.6 is 0 Å². The van der Waals surface area contributed by atoms with E-state index < -0.39 is 0 Å². The van der Waals surface area contributed by atoms with Crippen LogP contribution in [-0.2, 0) is 4.74 Å². The van der Waals surface area contributed by atoms with Crippen molar-refractivity contribution in [3.8, 4) is 5.75 Å². The first-order valence-electron chi connectivity index (χ1n) is 7.20. The maximum Gasteiger partial charge on any atom is 0.123 e. The molecule has 1 aromatic rings. The summed E-state index contributed by atoms with van der Waals surface area (Å²) >= 11 is 0. The summed E-state index contributed by atoms with van der Waals surface area (Å²) in [6.07, 6.45) is 4.03. The van der Waals surface area contributed by atoms with Gasteiger partial charge in [0.25, 0.3) is 0 Å². The number of ether oxygens (including phenoxy) is 2. The van der Waals surface area contributed by atoms with Gasteiger partial charge in [-0.25, -0.2) is 0 Å². The van der Waals surface area contributed by atoms with E-state index >= 15 is 0 Å². The standard InChI is InChI=1S/C16H25NO2/c1-12-7-8-15(16(10-12)18-3)13(2)17-11-14-6-4-5-9-19-14/h7-8,10,13-14,17H,4-6,9,11H2,1-3H3. The Kier molecular flexibility index (Phi) is 5.23. The highest BCUT2D eigenvalue weighted by atomic mass is 16.5. The Bertz CT molecular complexity index is 400. The van der Waals surface area contributed by atoms with Crippen molar-refractivity contribution in [3.05, 3.63) is 29.3 Å². The monoisotopic (exact) mass is 263 g/mol. The zero-order valence-electron chi connectivity index (χ0n) is 12.2. The van der Waals surface area contributed by atoms with Crippen LogP contribution in [0.3, 0.4) is 0 Å². The third-order valence-corrected chi connectivity index (χ3v) is 3.78. The fourth-order valence-electron chi connectivity index (χ4n) is 2.56. The van der Waals surface area contributed by atoms with Crippen LogP contribution in [0.15, 0.2) is 18.2 Å². The number of hydrogen-bond acceptors (Lipinski definition) is 3. The van der Waals surface area contributed by atoms with Crippen molar-refractivity contribution >= 4 is 0 Å². The summed E-state index contributed by atoms with van der Waals surface area (Å²) in [6, 6.07) is 6.65. The van der Waals surface area contributed by atoms with Gasteiger partial charge in [-0.05, 0) is 44.7 Å². The van der Waals surface area contributed by atoms with Gasteiger partial charge in [0.05, 0.1) is 13.2 Å². The van der Waals surface area contributed by atoms with Gasteiger partial charge in [0.1, 0.15) is 5.75 Å². The van der Waals surface area contributed by atoms with Crippen LogP contribution in [0.25, 0.3) is 0 Å². The fourth-order valence-corrected chi connectivity index (χ4v) is 2.56. The predicted molar refractivity (Wildman–Crippen MR) is 77.7 cm³/mol. The molecular weight excluding hydrogens is 238 g/mol. The zero-order chi connectivity index (χ0) is 13.7. The topological polar surface area (TPSA) is 30.5 Å². The third kappa shape index (κ3) is 3.95. The number of nitrogens with one attached hydrogen (secondary N) is 1. The second-order valence-corrected chi connectivity index (χ2v) is 5.36. The quantitative estimate of drug-likeness (QED) is 0.884. The summed E-state index contributed by atoms with van der Waals surface area (Å²) in [6.45, 7) is 6.09. The van der Waals surface area contributed by atoms with E-state index in [2.05, 4.69) is 37.4 Å². The van der Waals surface area contributed by atoms with Gasteiger partial charge in [0, 0.05) is 24.8 Å². The lowest BCUT2D eigenvalue weighted by Crippen LogP contribution is -2.33. The minimum atomic E-state index is 0.279. The van der Waals surface area contributed by atoms with Crippen molar-refractivity contribution in [3.63, 3.8) is 0 Å². The molecule has 0 radical (unpaired) electrons. The predicted octanol–water partition coefficient (Wildman–Crippen LogP) is 3.22. The van der Waals surface area contributed by atoms with E-state index in [-0.39, 0.29) is 6.04 Å². The molecule has 19 heavy (non-hydrogen) atoms. The van der Waals surface area contributed by atoms with Crippen molar-refractivity contribution in [2.45, 2.75) is 45.3 Å². The molecule has 2 atom stereocenters. The van der Waals surface area contributed by atoms with E-state index in [0.717, 1.165) is 18.9 Å². The Hall–Kier alpha value is -1.06. The summed E-state index contributed by atoms with van der Waals surface area (Å²) in [4.78, 5) is 0. The van der Waals surface area contributed by atoms with Gasteiger partial charge in [0.15, 0.2) is 0 Å². The second kappa shape index (κ2) is 6.92. The van der Waals surface area contributed by atoms with Crippen LogP contribution in [0.4, 0.5) is 0 Å². The smallest absolute Gasteiger partial charge is 0.123 e. The lowest BCUT2D eigenvalue weighted by Gasteiger charge is -2.25. The van der Waals surface area contributed by atoms with E-state index in [0.29, 0.717) is 6.10 Å². The lowest BCUT2D eigenvalue weighted by atomic mass is 10.0. The van der Waals surface area contributed by atoms with Crippen LogP contribution in [0.2, 0.25) is 0 Å². The molecule has 0 aromatic heterocycles. The third-order valence-electron chi connectivity index (χ3n) is 3.78. The molecule has 1 aliphatic rings. The van der Waals surface area contributed by atoms with Gasteiger partial charge in [-0.3, -0.25) is 0 Å². The van der Waals surface area contributed by atoms with Gasteiger partial charge in [0.2, 0.25) is 0 Å². The molecule has 0 saturated carbocycles. The van der Waals surface area contributed by atoms with E-state index in [9.17, 15) is 0 Å². The number of aryl methyl sites for hydroxylation is 1. The number of hydrogen-bond donors (Lipinski definition) is 1. The first kappa shape index (κ1) is 14.4.